The molecule has 2 fully saturated rings. The van der Waals surface area contributed by atoms with Crippen LogP contribution in [0.2, 0.25) is 0 Å². The van der Waals surface area contributed by atoms with E-state index >= 15 is 0 Å². The lowest BCUT2D eigenvalue weighted by Gasteiger charge is -2.36. The van der Waals surface area contributed by atoms with Crippen molar-refractivity contribution in [3.05, 3.63) is 54.6 Å². The fourth-order valence-electron chi connectivity index (χ4n) is 6.78. The Labute approximate surface area is 320 Å². The van der Waals surface area contributed by atoms with E-state index in [0.717, 1.165) is 43.2 Å². The molecule has 0 radical (unpaired) electrons. The molecule has 54 heavy (non-hydrogen) atoms. The molecule has 2 aliphatic rings. The molecule has 1 saturated heterocycles. The number of hydrogen-bond acceptors (Lipinski definition) is 9. The Hall–Kier alpha value is -4.17. The van der Waals surface area contributed by atoms with Gasteiger partial charge in [-0.05, 0) is 72.4 Å². The SMILES string of the molecule is C=C[C@@](CC)(NC(=O)[C@@H]1C[C@H](OC)CN1C(=O)[C@@H](NC(=O)OCCCCCCCc1cc2ccccc2cc1OC)C(C)(C)C)C(=O)NS(=O)(=O)C1CC1. The van der Waals surface area contributed by atoms with Gasteiger partial charge < -0.3 is 29.7 Å². The van der Waals surface area contributed by atoms with Crippen molar-refractivity contribution in [2.75, 3.05) is 27.4 Å². The van der Waals surface area contributed by atoms with E-state index in [0.29, 0.717) is 19.3 Å². The molecular weight excluding hydrogens is 713 g/mol. The lowest BCUT2D eigenvalue weighted by atomic mass is 9.85. The van der Waals surface area contributed by atoms with Crippen molar-refractivity contribution < 1.29 is 41.8 Å². The van der Waals surface area contributed by atoms with Crippen LogP contribution in [-0.4, -0.2) is 93.5 Å². The number of nitrogens with one attached hydrogen (secondary N) is 3. The molecule has 0 spiro atoms. The molecular formula is C40H58N4O9S. The number of likely N-dealkylation sites (tertiary alicyclic amines) is 1. The first kappa shape index (κ1) is 42.6. The second-order valence-electron chi connectivity index (χ2n) is 15.4. The van der Waals surface area contributed by atoms with Crippen LogP contribution in [0.3, 0.4) is 0 Å². The van der Waals surface area contributed by atoms with Crippen LogP contribution in [0.1, 0.15) is 91.0 Å². The van der Waals surface area contributed by atoms with Crippen molar-refractivity contribution >= 4 is 44.6 Å². The molecule has 1 heterocycles. The number of unbranched alkanes of at least 4 members (excludes halogenated alkanes) is 4. The number of amides is 4. The Morgan fingerprint density at radius 2 is 1.65 bits per heavy atom. The van der Waals surface area contributed by atoms with E-state index in [1.807, 2.05) is 12.1 Å². The Balaban J connectivity index is 1.29. The van der Waals surface area contributed by atoms with E-state index in [9.17, 15) is 27.6 Å². The number of nitrogens with zero attached hydrogens (tertiary/aromatic N) is 1. The average Bonchev–Trinajstić information content (AvgIpc) is 3.92. The van der Waals surface area contributed by atoms with Crippen molar-refractivity contribution in [1.82, 2.24) is 20.3 Å². The zero-order valence-corrected chi connectivity index (χ0v) is 33.4. The molecule has 0 bridgehead atoms. The van der Waals surface area contributed by atoms with Gasteiger partial charge in [-0.1, -0.05) is 77.3 Å². The van der Waals surface area contributed by atoms with Gasteiger partial charge in [0.2, 0.25) is 21.8 Å². The molecule has 2 aromatic rings. The smallest absolute Gasteiger partial charge is 0.407 e. The number of aryl methyl sites for hydroxylation is 1. The summed E-state index contributed by atoms with van der Waals surface area (Å²) in [6.07, 6.45) is 6.50. The Morgan fingerprint density at radius 3 is 2.24 bits per heavy atom. The highest BCUT2D eigenvalue weighted by Gasteiger charge is 2.48. The van der Waals surface area contributed by atoms with Gasteiger partial charge in [0.15, 0.2) is 0 Å². The molecule has 1 aliphatic carbocycles. The number of carbonyl (C=O) groups excluding carboxylic acids is 4. The van der Waals surface area contributed by atoms with Crippen molar-refractivity contribution in [3.63, 3.8) is 0 Å². The highest BCUT2D eigenvalue weighted by molar-refractivity contribution is 7.91. The molecule has 4 rings (SSSR count). The summed E-state index contributed by atoms with van der Waals surface area (Å²) in [6, 6.07) is 10.4. The lowest BCUT2D eigenvalue weighted by molar-refractivity contribution is -0.143. The minimum atomic E-state index is -3.89. The van der Waals surface area contributed by atoms with Gasteiger partial charge in [0.1, 0.15) is 23.4 Å². The van der Waals surface area contributed by atoms with Crippen LogP contribution in [0, 0.1) is 5.41 Å². The van der Waals surface area contributed by atoms with E-state index in [4.69, 9.17) is 14.2 Å². The highest BCUT2D eigenvalue weighted by Crippen LogP contribution is 2.30. The second kappa shape index (κ2) is 18.4. The molecule has 1 aliphatic heterocycles. The number of hydrogen-bond donors (Lipinski definition) is 3. The maximum atomic E-state index is 14.1. The number of methoxy groups -OCH3 is 2. The molecule has 3 N–H and O–H groups in total. The summed E-state index contributed by atoms with van der Waals surface area (Å²) in [5, 5.41) is 7.10. The molecule has 13 nitrogen and oxygen atoms in total. The van der Waals surface area contributed by atoms with Crippen LogP contribution >= 0.6 is 0 Å². The predicted octanol–water partition coefficient (Wildman–Crippen LogP) is 5.16. The summed E-state index contributed by atoms with van der Waals surface area (Å²) in [5.41, 5.74) is -1.32. The molecule has 0 unspecified atom stereocenters. The van der Waals surface area contributed by atoms with Gasteiger partial charge in [-0.15, -0.1) is 6.58 Å². The summed E-state index contributed by atoms with van der Waals surface area (Å²) >= 11 is 0. The van der Waals surface area contributed by atoms with Crippen molar-refractivity contribution in [2.45, 2.75) is 121 Å². The lowest BCUT2D eigenvalue weighted by Crippen LogP contribution is -2.63. The monoisotopic (exact) mass is 770 g/mol. The van der Waals surface area contributed by atoms with Crippen LogP contribution in [0.25, 0.3) is 10.8 Å². The van der Waals surface area contributed by atoms with Crippen molar-refractivity contribution in [1.29, 1.82) is 0 Å². The summed E-state index contributed by atoms with van der Waals surface area (Å²) < 4.78 is 43.8. The van der Waals surface area contributed by atoms with Crippen LogP contribution in [0.4, 0.5) is 4.79 Å². The van der Waals surface area contributed by atoms with E-state index in [2.05, 4.69) is 46.2 Å². The van der Waals surface area contributed by atoms with Gasteiger partial charge in [0.25, 0.3) is 5.91 Å². The van der Waals surface area contributed by atoms with Crippen LogP contribution in [0.5, 0.6) is 5.75 Å². The average molecular weight is 771 g/mol. The van der Waals surface area contributed by atoms with Crippen LogP contribution < -0.4 is 20.1 Å². The van der Waals surface area contributed by atoms with Gasteiger partial charge in [-0.3, -0.25) is 19.1 Å². The number of alkyl carbamates (subject to hydrolysis) is 1. The third kappa shape index (κ3) is 10.7. The van der Waals surface area contributed by atoms with Crippen LogP contribution in [-0.2, 0) is 40.3 Å². The normalized spacial score (nSPS) is 19.0. The van der Waals surface area contributed by atoms with Crippen molar-refractivity contribution in [3.8, 4) is 5.75 Å². The van der Waals surface area contributed by atoms with Gasteiger partial charge in [0, 0.05) is 20.1 Å². The first-order valence-corrected chi connectivity index (χ1v) is 20.5. The molecule has 4 amide bonds. The molecule has 2 aromatic carbocycles. The number of fused-ring (bicyclic) bond motifs is 1. The minimum Gasteiger partial charge on any atom is -0.496 e. The maximum absolute atomic E-state index is 14.1. The molecule has 4 atom stereocenters. The molecule has 1 saturated carbocycles. The standard InChI is InChI=1S/C40H58N4O9S/c1-8-40(9-2,37(47)43-54(49,50)31-20-21-31)42-35(45)32-25-30(51-6)26-44(32)36(46)34(39(3,4)5)41-38(48)53-22-16-12-10-11-13-19-29-23-27-17-14-15-18-28(27)24-33(29)52-7/h8,14-15,17-18,23-24,30-32,34H,1,9-13,16,19-22,25-26H2,2-7H3,(H,41,48)(H,42,45)(H,43,47)/t30-,32-,34+,40-/m0/s1. The zero-order chi connectivity index (χ0) is 39.7. The topological polar surface area (TPSA) is 169 Å². The summed E-state index contributed by atoms with van der Waals surface area (Å²) in [7, 11) is -0.721. The Bertz CT molecular complexity index is 1770. The fourth-order valence-corrected chi connectivity index (χ4v) is 8.14. The van der Waals surface area contributed by atoms with Gasteiger partial charge in [-0.25, -0.2) is 13.2 Å². The second-order valence-corrected chi connectivity index (χ2v) is 17.4. The van der Waals surface area contributed by atoms with E-state index < -0.39 is 68.2 Å². The first-order chi connectivity index (χ1) is 25.6. The summed E-state index contributed by atoms with van der Waals surface area (Å²) in [5.74, 6) is -1.20. The van der Waals surface area contributed by atoms with Crippen molar-refractivity contribution in [2.24, 2.45) is 5.41 Å². The van der Waals surface area contributed by atoms with Crippen LogP contribution in [0.15, 0.2) is 49.1 Å². The molecule has 14 heteroatoms. The Kier molecular flexibility index (Phi) is 14.5. The number of rotatable bonds is 19. The van der Waals surface area contributed by atoms with Gasteiger partial charge in [-0.2, -0.15) is 0 Å². The maximum Gasteiger partial charge on any atom is 0.407 e. The zero-order valence-electron chi connectivity index (χ0n) is 32.6. The summed E-state index contributed by atoms with van der Waals surface area (Å²) in [4.78, 5) is 55.5. The minimum absolute atomic E-state index is 0.0151. The third-order valence-corrected chi connectivity index (χ3v) is 12.2. The molecule has 0 aromatic heterocycles. The van der Waals surface area contributed by atoms with Gasteiger partial charge >= 0.3 is 6.09 Å². The predicted molar refractivity (Wildman–Crippen MR) is 207 cm³/mol. The van der Waals surface area contributed by atoms with E-state index in [1.165, 1.54) is 29.0 Å². The largest absolute Gasteiger partial charge is 0.496 e. The number of benzene rings is 2. The number of carbonyl (C=O) groups is 4. The molecule has 298 valence electrons. The third-order valence-electron chi connectivity index (χ3n) is 10.4. The summed E-state index contributed by atoms with van der Waals surface area (Å²) in [6.45, 7) is 11.0. The van der Waals surface area contributed by atoms with E-state index in [1.54, 1.807) is 34.8 Å². The first-order valence-electron chi connectivity index (χ1n) is 18.9. The Morgan fingerprint density at radius 1 is 1.00 bits per heavy atom. The fraction of sp³-hybridized carbons (Fsp3) is 0.600. The van der Waals surface area contributed by atoms with Gasteiger partial charge in [0.05, 0.1) is 25.1 Å². The van der Waals surface area contributed by atoms with E-state index in [-0.39, 0.29) is 26.0 Å². The highest BCUT2D eigenvalue weighted by atomic mass is 32.2. The number of sulfonamides is 1. The number of ether oxygens (including phenoxy) is 3. The quantitative estimate of drug-likeness (QED) is 0.129.